The molecule has 1 aliphatic heterocycles. The smallest absolute Gasteiger partial charge is 0.252 e. The Hall–Kier alpha value is -4.22. The molecule has 0 radical (unpaired) electrons. The lowest BCUT2D eigenvalue weighted by Crippen LogP contribution is -2.63. The van der Waals surface area contributed by atoms with Gasteiger partial charge < -0.3 is 10.6 Å². The predicted molar refractivity (Wildman–Crippen MR) is 146 cm³/mol. The number of rotatable bonds is 7. The lowest BCUT2D eigenvalue weighted by atomic mass is 9.74. The fourth-order valence-electron chi connectivity index (χ4n) is 5.36. The number of pyridine rings is 2. The fraction of sp³-hybridized carbons (Fsp3) is 0.296. The van der Waals surface area contributed by atoms with Gasteiger partial charge in [-0.25, -0.2) is 30.9 Å². The summed E-state index contributed by atoms with van der Waals surface area (Å²) >= 11 is 6.51. The van der Waals surface area contributed by atoms with Crippen molar-refractivity contribution in [3.63, 3.8) is 0 Å². The SMILES string of the molecule is N#Cc1ccnc(N2C(C(=O)Nc3cncc(F)c3)([C@@H](C(=O)NC3CC(F)(F)C3)c3ccccc3Cl)CCS2(=O)=O)c1. The van der Waals surface area contributed by atoms with Crippen molar-refractivity contribution in [2.75, 3.05) is 15.4 Å². The zero-order chi connectivity index (χ0) is 30.3. The number of aromatic nitrogens is 2. The molecule has 1 saturated carbocycles. The molecule has 1 unspecified atom stereocenters. The van der Waals surface area contributed by atoms with E-state index in [0.29, 0.717) is 4.31 Å². The molecule has 5 rings (SSSR count). The van der Waals surface area contributed by atoms with Crippen LogP contribution >= 0.6 is 11.6 Å². The van der Waals surface area contributed by atoms with Crippen LogP contribution in [-0.2, 0) is 19.6 Å². The van der Waals surface area contributed by atoms with E-state index in [0.717, 1.165) is 24.5 Å². The van der Waals surface area contributed by atoms with Gasteiger partial charge in [-0.15, -0.1) is 0 Å². The van der Waals surface area contributed by atoms with Crippen molar-refractivity contribution in [1.82, 2.24) is 15.3 Å². The number of amides is 2. The Labute approximate surface area is 243 Å². The molecular weight excluding hydrogens is 597 g/mol. The van der Waals surface area contributed by atoms with Gasteiger partial charge in [-0.3, -0.25) is 14.6 Å². The highest BCUT2D eigenvalue weighted by Gasteiger charge is 2.63. The summed E-state index contributed by atoms with van der Waals surface area (Å²) in [4.78, 5) is 36.2. The number of benzene rings is 1. The molecule has 15 heteroatoms. The van der Waals surface area contributed by atoms with Gasteiger partial charge in [0.25, 0.3) is 11.8 Å². The number of sulfonamides is 1. The average molecular weight is 619 g/mol. The van der Waals surface area contributed by atoms with Crippen LogP contribution in [0.5, 0.6) is 0 Å². The molecule has 2 aliphatic rings. The topological polar surface area (TPSA) is 145 Å². The highest BCUT2D eigenvalue weighted by Crippen LogP contribution is 2.48. The van der Waals surface area contributed by atoms with Crippen LogP contribution in [0, 0.1) is 17.1 Å². The van der Waals surface area contributed by atoms with Gasteiger partial charge in [0.05, 0.1) is 41.4 Å². The molecule has 218 valence electrons. The van der Waals surface area contributed by atoms with Crippen LogP contribution in [0.25, 0.3) is 0 Å². The van der Waals surface area contributed by atoms with Crippen LogP contribution in [-0.4, -0.2) is 53.5 Å². The monoisotopic (exact) mass is 618 g/mol. The van der Waals surface area contributed by atoms with E-state index in [1.807, 2.05) is 6.07 Å². The van der Waals surface area contributed by atoms with Gasteiger partial charge in [0.2, 0.25) is 15.9 Å². The van der Waals surface area contributed by atoms with E-state index in [-0.39, 0.29) is 27.7 Å². The van der Waals surface area contributed by atoms with Crippen LogP contribution in [0.3, 0.4) is 0 Å². The highest BCUT2D eigenvalue weighted by molar-refractivity contribution is 7.93. The first-order chi connectivity index (χ1) is 19.9. The number of halogens is 4. The lowest BCUT2D eigenvalue weighted by Gasteiger charge is -2.43. The van der Waals surface area contributed by atoms with Gasteiger partial charge in [-0.1, -0.05) is 29.8 Å². The van der Waals surface area contributed by atoms with Crippen molar-refractivity contribution in [2.45, 2.75) is 42.7 Å². The second-order valence-electron chi connectivity index (χ2n) is 10.0. The van der Waals surface area contributed by atoms with Crippen molar-refractivity contribution < 1.29 is 31.2 Å². The van der Waals surface area contributed by atoms with E-state index in [1.54, 1.807) is 6.07 Å². The molecule has 10 nitrogen and oxygen atoms in total. The molecule has 1 aliphatic carbocycles. The molecule has 2 N–H and O–H groups in total. The molecule has 1 saturated heterocycles. The zero-order valence-corrected chi connectivity index (χ0v) is 23.2. The molecule has 42 heavy (non-hydrogen) atoms. The number of nitrogens with zero attached hydrogens (tertiary/aromatic N) is 4. The van der Waals surface area contributed by atoms with Crippen molar-refractivity contribution in [2.24, 2.45) is 0 Å². The van der Waals surface area contributed by atoms with E-state index in [9.17, 15) is 36.4 Å². The molecule has 2 fully saturated rings. The standard InChI is InChI=1S/C27H22ClF3N6O4S/c28-21-4-2-1-3-20(21)23(24(38)35-19-11-26(30,31)12-19)27(25(39)36-18-10-17(29)14-33-15-18)6-8-42(40,41)37(27)22-9-16(13-32)5-7-34-22/h1-5,7,9-10,14-15,19,23H,6,8,11-12H2,(H,35,38)(H,36,39)/t23-,27?/m1/s1. The predicted octanol–water partition coefficient (Wildman–Crippen LogP) is 3.76. The Balaban J connectivity index is 1.73. The number of nitrogens with one attached hydrogen (secondary N) is 2. The molecule has 0 spiro atoms. The number of carbonyl (C=O) groups excluding carboxylic acids is 2. The molecule has 2 aromatic heterocycles. The van der Waals surface area contributed by atoms with Gasteiger partial charge >= 0.3 is 0 Å². The molecule has 3 aromatic rings. The van der Waals surface area contributed by atoms with Crippen LogP contribution in [0.4, 0.5) is 24.7 Å². The summed E-state index contributed by atoms with van der Waals surface area (Å²) in [6.45, 7) is 0. The fourth-order valence-corrected chi connectivity index (χ4v) is 7.52. The van der Waals surface area contributed by atoms with Crippen molar-refractivity contribution >= 4 is 44.9 Å². The number of hydrogen-bond acceptors (Lipinski definition) is 7. The first-order valence-electron chi connectivity index (χ1n) is 12.6. The maximum absolute atomic E-state index is 14.4. The molecule has 0 bridgehead atoms. The summed E-state index contributed by atoms with van der Waals surface area (Å²) < 4.78 is 69.4. The summed E-state index contributed by atoms with van der Waals surface area (Å²) in [5, 5.41) is 14.5. The van der Waals surface area contributed by atoms with E-state index >= 15 is 0 Å². The minimum absolute atomic E-state index is 0.000769. The summed E-state index contributed by atoms with van der Waals surface area (Å²) in [5.41, 5.74) is -2.43. The van der Waals surface area contributed by atoms with Crippen LogP contribution < -0.4 is 14.9 Å². The van der Waals surface area contributed by atoms with Gasteiger partial charge in [-0.2, -0.15) is 5.26 Å². The van der Waals surface area contributed by atoms with Crippen LogP contribution in [0.15, 0.2) is 61.1 Å². The third-order valence-corrected chi connectivity index (χ3v) is 9.35. The number of alkyl halides is 2. The second kappa shape index (κ2) is 10.9. The summed E-state index contributed by atoms with van der Waals surface area (Å²) in [6.07, 6.45) is 1.42. The van der Waals surface area contributed by atoms with E-state index in [4.69, 9.17) is 11.6 Å². The summed E-state index contributed by atoms with van der Waals surface area (Å²) in [6, 6.07) is 10.3. The quantitative estimate of drug-likeness (QED) is 0.410. The molecule has 2 amide bonds. The number of nitriles is 1. The van der Waals surface area contributed by atoms with Crippen LogP contribution in [0.2, 0.25) is 5.02 Å². The zero-order valence-electron chi connectivity index (χ0n) is 21.6. The number of hydrogen-bond donors (Lipinski definition) is 2. The third-order valence-electron chi connectivity index (χ3n) is 7.21. The minimum atomic E-state index is -4.39. The van der Waals surface area contributed by atoms with E-state index in [1.165, 1.54) is 30.5 Å². The van der Waals surface area contributed by atoms with Gasteiger partial charge in [-0.05, 0) is 30.2 Å². The first kappa shape index (κ1) is 29.3. The van der Waals surface area contributed by atoms with Gasteiger partial charge in [0.1, 0.15) is 11.6 Å². The largest absolute Gasteiger partial charge is 0.352 e. The first-order valence-corrected chi connectivity index (χ1v) is 14.6. The Bertz CT molecular complexity index is 1710. The lowest BCUT2D eigenvalue weighted by molar-refractivity contribution is -0.135. The molecular formula is C27H22ClF3N6O4S. The summed E-state index contributed by atoms with van der Waals surface area (Å²) in [7, 11) is -4.39. The second-order valence-corrected chi connectivity index (χ2v) is 12.4. The number of carbonyl (C=O) groups is 2. The van der Waals surface area contributed by atoms with Crippen molar-refractivity contribution in [1.29, 1.82) is 5.26 Å². The normalized spacial score (nSPS) is 21.5. The van der Waals surface area contributed by atoms with Crippen molar-refractivity contribution in [3.05, 3.63) is 83.0 Å². The molecule has 1 aromatic carbocycles. The van der Waals surface area contributed by atoms with E-state index in [2.05, 4.69) is 20.6 Å². The minimum Gasteiger partial charge on any atom is -0.352 e. The van der Waals surface area contributed by atoms with Gasteiger partial charge in [0.15, 0.2) is 5.54 Å². The Morgan fingerprint density at radius 2 is 1.90 bits per heavy atom. The maximum Gasteiger partial charge on any atom is 0.252 e. The molecule has 3 heterocycles. The molecule has 2 atom stereocenters. The highest BCUT2D eigenvalue weighted by atomic mass is 35.5. The van der Waals surface area contributed by atoms with Crippen molar-refractivity contribution in [3.8, 4) is 6.07 Å². The Morgan fingerprint density at radius 1 is 1.17 bits per heavy atom. The summed E-state index contributed by atoms with van der Waals surface area (Å²) in [5.74, 6) is -8.44. The van der Waals surface area contributed by atoms with E-state index < -0.39 is 76.1 Å². The maximum atomic E-state index is 14.4. The number of anilines is 2. The van der Waals surface area contributed by atoms with Crippen LogP contribution in [0.1, 0.15) is 36.3 Å². The Kier molecular flexibility index (Phi) is 7.59. The average Bonchev–Trinajstić information content (AvgIpc) is 3.20. The Morgan fingerprint density at radius 3 is 2.57 bits per heavy atom. The third kappa shape index (κ3) is 5.37. The van der Waals surface area contributed by atoms with Gasteiger partial charge in [0, 0.05) is 36.2 Å².